The summed E-state index contributed by atoms with van der Waals surface area (Å²) in [5, 5.41) is 18.1. The van der Waals surface area contributed by atoms with Crippen LogP contribution in [0.25, 0.3) is 11.3 Å². The molecule has 0 fully saturated rings. The number of nitrogens with zero attached hydrogens (tertiary/aromatic N) is 1. The molecular formula is C15H17N3O3. The molecule has 0 spiro atoms. The number of amides is 1. The predicted octanol–water partition coefficient (Wildman–Crippen LogP) is 2.06. The van der Waals surface area contributed by atoms with Crippen molar-refractivity contribution in [3.8, 4) is 11.3 Å². The van der Waals surface area contributed by atoms with Crippen LogP contribution in [0.4, 0.5) is 0 Å². The summed E-state index contributed by atoms with van der Waals surface area (Å²) in [6.45, 7) is 0.450. The fraction of sp³-hybridized carbons (Fsp3) is 0.267. The van der Waals surface area contributed by atoms with Crippen molar-refractivity contribution < 1.29 is 14.7 Å². The lowest BCUT2D eigenvalue weighted by molar-refractivity contribution is -0.137. The molecule has 1 heterocycles. The standard InChI is InChI=1S/C15H17N3O3/c19-13(20)8-4-5-9-16-15(21)12-10-17-18-14(12)11-6-2-1-3-7-11/h1-3,6-7,10H,4-5,8-9H2,(H,16,21)(H,17,18)(H,19,20). The molecule has 0 aliphatic rings. The molecule has 3 N–H and O–H groups in total. The molecule has 0 unspecified atom stereocenters. The summed E-state index contributed by atoms with van der Waals surface area (Å²) < 4.78 is 0. The molecule has 6 nitrogen and oxygen atoms in total. The Labute approximate surface area is 122 Å². The number of nitrogens with one attached hydrogen (secondary N) is 2. The van der Waals surface area contributed by atoms with Gasteiger partial charge in [0, 0.05) is 18.5 Å². The Hall–Kier alpha value is -2.63. The van der Waals surface area contributed by atoms with Crippen LogP contribution in [0.5, 0.6) is 0 Å². The number of H-pyrrole nitrogens is 1. The van der Waals surface area contributed by atoms with Gasteiger partial charge in [0.15, 0.2) is 0 Å². The number of aromatic nitrogens is 2. The van der Waals surface area contributed by atoms with Gasteiger partial charge in [-0.2, -0.15) is 5.10 Å². The molecule has 0 radical (unpaired) electrons. The van der Waals surface area contributed by atoms with Crippen LogP contribution in [0, 0.1) is 0 Å². The Morgan fingerprint density at radius 1 is 1.19 bits per heavy atom. The number of hydrogen-bond acceptors (Lipinski definition) is 3. The first-order chi connectivity index (χ1) is 10.2. The van der Waals surface area contributed by atoms with Crippen molar-refractivity contribution in [1.82, 2.24) is 15.5 Å². The number of rotatable bonds is 7. The van der Waals surface area contributed by atoms with Gasteiger partial charge in [0.25, 0.3) is 5.91 Å². The number of carboxylic acids is 1. The number of unbranched alkanes of at least 4 members (excludes halogenated alkanes) is 1. The van der Waals surface area contributed by atoms with Crippen molar-refractivity contribution >= 4 is 11.9 Å². The number of aliphatic carboxylic acids is 1. The Bertz CT molecular complexity index is 608. The summed E-state index contributed by atoms with van der Waals surface area (Å²) in [7, 11) is 0. The third kappa shape index (κ3) is 4.17. The quantitative estimate of drug-likeness (QED) is 0.679. The van der Waals surface area contributed by atoms with Crippen molar-refractivity contribution in [3.63, 3.8) is 0 Å². The molecule has 1 amide bonds. The molecular weight excluding hydrogens is 270 g/mol. The Morgan fingerprint density at radius 2 is 1.95 bits per heavy atom. The number of carbonyl (C=O) groups is 2. The zero-order valence-electron chi connectivity index (χ0n) is 11.5. The summed E-state index contributed by atoms with van der Waals surface area (Å²) in [5.41, 5.74) is 2.06. The van der Waals surface area contributed by atoms with Crippen LogP contribution in [-0.2, 0) is 4.79 Å². The first kappa shape index (κ1) is 14.8. The van der Waals surface area contributed by atoms with Crippen LogP contribution in [-0.4, -0.2) is 33.7 Å². The van der Waals surface area contributed by atoms with Crippen molar-refractivity contribution in [2.75, 3.05) is 6.54 Å². The van der Waals surface area contributed by atoms with Crippen molar-refractivity contribution in [3.05, 3.63) is 42.1 Å². The highest BCUT2D eigenvalue weighted by atomic mass is 16.4. The molecule has 0 aliphatic heterocycles. The molecule has 1 aromatic carbocycles. The Kier molecular flexibility index (Phi) is 5.09. The van der Waals surface area contributed by atoms with E-state index < -0.39 is 5.97 Å². The molecule has 110 valence electrons. The maximum Gasteiger partial charge on any atom is 0.303 e. The predicted molar refractivity (Wildman–Crippen MR) is 77.8 cm³/mol. The number of carboxylic acid groups (broad SMARTS) is 1. The van der Waals surface area contributed by atoms with Crippen molar-refractivity contribution in [1.29, 1.82) is 0 Å². The van der Waals surface area contributed by atoms with E-state index >= 15 is 0 Å². The SMILES string of the molecule is O=C(O)CCCCNC(=O)c1cn[nH]c1-c1ccccc1. The summed E-state index contributed by atoms with van der Waals surface area (Å²) in [4.78, 5) is 22.5. The van der Waals surface area contributed by atoms with Crippen LogP contribution in [0.15, 0.2) is 36.5 Å². The second kappa shape index (κ2) is 7.23. The normalized spacial score (nSPS) is 10.3. The summed E-state index contributed by atoms with van der Waals surface area (Å²) in [6, 6.07) is 9.49. The molecule has 2 rings (SSSR count). The van der Waals surface area contributed by atoms with Crippen LogP contribution in [0.3, 0.4) is 0 Å². The lowest BCUT2D eigenvalue weighted by atomic mass is 10.1. The third-order valence-corrected chi connectivity index (χ3v) is 3.05. The molecule has 0 aliphatic carbocycles. The minimum Gasteiger partial charge on any atom is -0.481 e. The Balaban J connectivity index is 1.92. The summed E-state index contributed by atoms with van der Waals surface area (Å²) in [5.74, 6) is -1.03. The van der Waals surface area contributed by atoms with E-state index in [9.17, 15) is 9.59 Å². The van der Waals surface area contributed by atoms with Crippen molar-refractivity contribution in [2.24, 2.45) is 0 Å². The fourth-order valence-corrected chi connectivity index (χ4v) is 1.98. The number of hydrogen-bond donors (Lipinski definition) is 3. The summed E-state index contributed by atoms with van der Waals surface area (Å²) in [6.07, 6.45) is 2.80. The van der Waals surface area contributed by atoms with Crippen molar-refractivity contribution in [2.45, 2.75) is 19.3 Å². The average Bonchev–Trinajstić information content (AvgIpc) is 2.97. The van der Waals surface area contributed by atoms with Gasteiger partial charge in [0.2, 0.25) is 0 Å². The highest BCUT2D eigenvalue weighted by Crippen LogP contribution is 2.20. The van der Waals surface area contributed by atoms with Gasteiger partial charge >= 0.3 is 5.97 Å². The lowest BCUT2D eigenvalue weighted by Gasteiger charge is -2.05. The monoisotopic (exact) mass is 287 g/mol. The fourth-order valence-electron chi connectivity index (χ4n) is 1.98. The smallest absolute Gasteiger partial charge is 0.303 e. The first-order valence-corrected chi connectivity index (χ1v) is 6.77. The highest BCUT2D eigenvalue weighted by Gasteiger charge is 2.14. The highest BCUT2D eigenvalue weighted by molar-refractivity contribution is 5.99. The topological polar surface area (TPSA) is 95.1 Å². The van der Waals surface area contributed by atoms with Gasteiger partial charge in [-0.25, -0.2) is 0 Å². The van der Waals surface area contributed by atoms with Crippen LogP contribution < -0.4 is 5.32 Å². The van der Waals surface area contributed by atoms with E-state index in [-0.39, 0.29) is 12.3 Å². The number of aromatic amines is 1. The zero-order chi connectivity index (χ0) is 15.1. The molecule has 1 aromatic heterocycles. The van der Waals surface area contributed by atoms with E-state index in [0.717, 1.165) is 5.56 Å². The van der Waals surface area contributed by atoms with Crippen LogP contribution in [0.1, 0.15) is 29.6 Å². The average molecular weight is 287 g/mol. The maximum absolute atomic E-state index is 12.1. The Morgan fingerprint density at radius 3 is 2.67 bits per heavy atom. The zero-order valence-corrected chi connectivity index (χ0v) is 11.5. The lowest BCUT2D eigenvalue weighted by Crippen LogP contribution is -2.24. The van der Waals surface area contributed by atoms with Gasteiger partial charge in [0.05, 0.1) is 17.5 Å². The van der Waals surface area contributed by atoms with Gasteiger partial charge in [0.1, 0.15) is 0 Å². The van der Waals surface area contributed by atoms with Gasteiger partial charge in [-0.05, 0) is 12.8 Å². The maximum atomic E-state index is 12.1. The molecule has 0 bridgehead atoms. The van der Waals surface area contributed by atoms with Crippen LogP contribution in [0.2, 0.25) is 0 Å². The van der Waals surface area contributed by atoms with E-state index in [2.05, 4.69) is 15.5 Å². The van der Waals surface area contributed by atoms with E-state index in [1.165, 1.54) is 6.20 Å². The minimum absolute atomic E-state index is 0.122. The second-order valence-electron chi connectivity index (χ2n) is 4.63. The van der Waals surface area contributed by atoms with E-state index in [0.29, 0.717) is 30.6 Å². The largest absolute Gasteiger partial charge is 0.481 e. The molecule has 6 heteroatoms. The molecule has 2 aromatic rings. The molecule has 21 heavy (non-hydrogen) atoms. The molecule has 0 atom stereocenters. The number of carbonyl (C=O) groups excluding carboxylic acids is 1. The van der Waals surface area contributed by atoms with Gasteiger partial charge in [-0.3, -0.25) is 14.7 Å². The van der Waals surface area contributed by atoms with Crippen LogP contribution >= 0.6 is 0 Å². The molecule has 0 saturated heterocycles. The van der Waals surface area contributed by atoms with E-state index in [4.69, 9.17) is 5.11 Å². The number of benzene rings is 1. The van der Waals surface area contributed by atoms with Gasteiger partial charge in [-0.1, -0.05) is 30.3 Å². The van der Waals surface area contributed by atoms with Gasteiger partial charge in [-0.15, -0.1) is 0 Å². The van der Waals surface area contributed by atoms with E-state index in [1.807, 2.05) is 30.3 Å². The minimum atomic E-state index is -0.817. The first-order valence-electron chi connectivity index (χ1n) is 6.77. The summed E-state index contributed by atoms with van der Waals surface area (Å²) >= 11 is 0. The third-order valence-electron chi connectivity index (χ3n) is 3.05. The van der Waals surface area contributed by atoms with E-state index in [1.54, 1.807) is 0 Å². The van der Waals surface area contributed by atoms with Gasteiger partial charge < -0.3 is 10.4 Å². The second-order valence-corrected chi connectivity index (χ2v) is 4.63. The molecule has 0 saturated carbocycles.